The smallest absolute Gasteiger partial charge is 0.123 e. The van der Waals surface area contributed by atoms with Crippen molar-refractivity contribution >= 4 is 11.8 Å². The number of rotatable bonds is 9. The summed E-state index contributed by atoms with van der Waals surface area (Å²) in [6, 6.07) is 6.41. The van der Waals surface area contributed by atoms with Gasteiger partial charge in [0.15, 0.2) is 0 Å². The number of ether oxygens (including phenoxy) is 2. The number of nitrogens with one attached hydrogen (secondary N) is 1. The van der Waals surface area contributed by atoms with Crippen molar-refractivity contribution in [3.63, 3.8) is 0 Å². The van der Waals surface area contributed by atoms with Gasteiger partial charge in [0.05, 0.1) is 14.2 Å². The summed E-state index contributed by atoms with van der Waals surface area (Å²) < 4.78 is 10.6. The van der Waals surface area contributed by atoms with Crippen LogP contribution >= 0.6 is 11.8 Å². The molecule has 1 unspecified atom stereocenters. The minimum absolute atomic E-state index is 0.509. The monoisotopic (exact) mass is 283 g/mol. The molecule has 0 radical (unpaired) electrons. The molecule has 0 aliphatic rings. The average molecular weight is 283 g/mol. The number of hydrogen-bond donors (Lipinski definition) is 1. The van der Waals surface area contributed by atoms with Gasteiger partial charge in [-0.15, -0.1) is 0 Å². The Balaban J connectivity index is 2.51. The molecule has 0 amide bonds. The first kappa shape index (κ1) is 16.2. The maximum atomic E-state index is 5.38. The minimum atomic E-state index is 0.509. The molecule has 0 saturated heterocycles. The second kappa shape index (κ2) is 9.10. The van der Waals surface area contributed by atoms with Gasteiger partial charge in [-0.3, -0.25) is 0 Å². The molecule has 1 atom stereocenters. The van der Waals surface area contributed by atoms with Crippen molar-refractivity contribution < 1.29 is 9.47 Å². The first-order valence-electron chi connectivity index (χ1n) is 6.73. The quantitative estimate of drug-likeness (QED) is 0.704. The lowest BCUT2D eigenvalue weighted by molar-refractivity contribution is 0.395. The molecule has 3 nitrogen and oxygen atoms in total. The second-order valence-electron chi connectivity index (χ2n) is 4.45. The topological polar surface area (TPSA) is 30.5 Å². The van der Waals surface area contributed by atoms with Gasteiger partial charge in [0.2, 0.25) is 0 Å². The Bertz CT molecular complexity index is 371. The van der Waals surface area contributed by atoms with Crippen LogP contribution in [0.5, 0.6) is 11.5 Å². The van der Waals surface area contributed by atoms with E-state index < -0.39 is 0 Å². The highest BCUT2D eigenvalue weighted by Crippen LogP contribution is 2.23. The first-order valence-corrected chi connectivity index (χ1v) is 7.88. The third-order valence-corrected chi connectivity index (χ3v) is 3.96. The zero-order valence-electron chi connectivity index (χ0n) is 12.4. The van der Waals surface area contributed by atoms with Crippen LogP contribution in [0, 0.1) is 0 Å². The van der Waals surface area contributed by atoms with E-state index in [1.807, 2.05) is 30.0 Å². The van der Waals surface area contributed by atoms with E-state index in [9.17, 15) is 0 Å². The van der Waals surface area contributed by atoms with Gasteiger partial charge >= 0.3 is 0 Å². The lowest BCUT2D eigenvalue weighted by atomic mass is 10.1. The summed E-state index contributed by atoms with van der Waals surface area (Å²) in [5, 5.41) is 3.53. The molecule has 19 heavy (non-hydrogen) atoms. The molecule has 1 N–H and O–H groups in total. The fourth-order valence-corrected chi connectivity index (χ4v) is 2.62. The Morgan fingerprint density at radius 1 is 1.26 bits per heavy atom. The first-order chi connectivity index (χ1) is 9.21. The van der Waals surface area contributed by atoms with E-state index >= 15 is 0 Å². The van der Waals surface area contributed by atoms with Crippen molar-refractivity contribution in [2.75, 3.05) is 25.7 Å². The highest BCUT2D eigenvalue weighted by molar-refractivity contribution is 7.99. The van der Waals surface area contributed by atoms with E-state index in [1.165, 1.54) is 17.9 Å². The largest absolute Gasteiger partial charge is 0.497 e. The molecule has 4 heteroatoms. The van der Waals surface area contributed by atoms with Crippen LogP contribution in [0.25, 0.3) is 0 Å². The molecule has 1 aromatic rings. The fraction of sp³-hybridized carbons (Fsp3) is 0.600. The Hall–Kier alpha value is -0.870. The number of methoxy groups -OCH3 is 2. The highest BCUT2D eigenvalue weighted by Gasteiger charge is 2.07. The minimum Gasteiger partial charge on any atom is -0.497 e. The number of hydrogen-bond acceptors (Lipinski definition) is 4. The lowest BCUT2D eigenvalue weighted by Crippen LogP contribution is -2.26. The summed E-state index contributed by atoms with van der Waals surface area (Å²) in [6.45, 7) is 5.23. The van der Waals surface area contributed by atoms with Crippen LogP contribution in [-0.2, 0) is 6.54 Å². The van der Waals surface area contributed by atoms with Crippen molar-refractivity contribution in [2.24, 2.45) is 0 Å². The third kappa shape index (κ3) is 5.74. The van der Waals surface area contributed by atoms with E-state index in [1.54, 1.807) is 14.2 Å². The van der Waals surface area contributed by atoms with E-state index in [0.29, 0.717) is 6.04 Å². The lowest BCUT2D eigenvalue weighted by Gasteiger charge is -2.16. The second-order valence-corrected chi connectivity index (χ2v) is 5.84. The molecule has 0 heterocycles. The molecule has 0 saturated carbocycles. The van der Waals surface area contributed by atoms with Gasteiger partial charge in [0, 0.05) is 18.2 Å². The van der Waals surface area contributed by atoms with Crippen LogP contribution in [0.3, 0.4) is 0 Å². The Morgan fingerprint density at radius 3 is 2.68 bits per heavy atom. The summed E-state index contributed by atoms with van der Waals surface area (Å²) in [5.74, 6) is 4.17. The molecule has 0 fully saturated rings. The molecule has 0 aliphatic carbocycles. The SMILES string of the molecule is CCSCCC(C)NCc1cc(OC)ccc1OC. The van der Waals surface area contributed by atoms with Gasteiger partial charge in [0.25, 0.3) is 0 Å². The van der Waals surface area contributed by atoms with Crippen LogP contribution < -0.4 is 14.8 Å². The highest BCUT2D eigenvalue weighted by atomic mass is 32.2. The van der Waals surface area contributed by atoms with Gasteiger partial charge < -0.3 is 14.8 Å². The number of thioether (sulfide) groups is 1. The Kier molecular flexibility index (Phi) is 7.75. The van der Waals surface area contributed by atoms with Gasteiger partial charge in [-0.2, -0.15) is 11.8 Å². The molecule has 1 rings (SSSR count). The van der Waals surface area contributed by atoms with Crippen LogP contribution in [-0.4, -0.2) is 31.8 Å². The van der Waals surface area contributed by atoms with Gasteiger partial charge in [-0.25, -0.2) is 0 Å². The van der Waals surface area contributed by atoms with Crippen molar-refractivity contribution in [2.45, 2.75) is 32.9 Å². The van der Waals surface area contributed by atoms with E-state index in [-0.39, 0.29) is 0 Å². The predicted octanol–water partition coefficient (Wildman–Crippen LogP) is 3.33. The van der Waals surface area contributed by atoms with Crippen LogP contribution in [0.1, 0.15) is 25.8 Å². The fourth-order valence-electron chi connectivity index (χ4n) is 1.81. The van der Waals surface area contributed by atoms with Crippen molar-refractivity contribution in [3.05, 3.63) is 23.8 Å². The van der Waals surface area contributed by atoms with E-state index in [4.69, 9.17) is 9.47 Å². The van der Waals surface area contributed by atoms with Crippen LogP contribution in [0.2, 0.25) is 0 Å². The summed E-state index contributed by atoms with van der Waals surface area (Å²) in [5.41, 5.74) is 1.14. The third-order valence-electron chi connectivity index (χ3n) is 3.03. The number of benzene rings is 1. The molecular weight excluding hydrogens is 258 g/mol. The Morgan fingerprint density at radius 2 is 2.05 bits per heavy atom. The zero-order valence-corrected chi connectivity index (χ0v) is 13.2. The summed E-state index contributed by atoms with van der Waals surface area (Å²) in [7, 11) is 3.39. The normalized spacial score (nSPS) is 12.2. The zero-order chi connectivity index (χ0) is 14.1. The van der Waals surface area contributed by atoms with Crippen molar-refractivity contribution in [1.29, 1.82) is 0 Å². The predicted molar refractivity (Wildman–Crippen MR) is 83.5 cm³/mol. The van der Waals surface area contributed by atoms with Crippen molar-refractivity contribution in [3.8, 4) is 11.5 Å². The molecule has 0 aromatic heterocycles. The standard InChI is InChI=1S/C15H25NO2S/c1-5-19-9-8-12(2)16-11-13-10-14(17-3)6-7-15(13)18-4/h6-7,10,12,16H,5,8-9,11H2,1-4H3. The van der Waals surface area contributed by atoms with E-state index in [0.717, 1.165) is 23.6 Å². The van der Waals surface area contributed by atoms with Gasteiger partial charge in [-0.1, -0.05) is 6.92 Å². The van der Waals surface area contributed by atoms with Crippen LogP contribution in [0.15, 0.2) is 18.2 Å². The Labute approximate surface area is 121 Å². The molecule has 0 bridgehead atoms. The van der Waals surface area contributed by atoms with Gasteiger partial charge in [0.1, 0.15) is 11.5 Å². The summed E-state index contributed by atoms with van der Waals surface area (Å²) in [6.07, 6.45) is 1.19. The molecule has 0 spiro atoms. The van der Waals surface area contributed by atoms with Crippen molar-refractivity contribution in [1.82, 2.24) is 5.32 Å². The maximum absolute atomic E-state index is 5.38. The summed E-state index contributed by atoms with van der Waals surface area (Å²) in [4.78, 5) is 0. The molecule has 108 valence electrons. The maximum Gasteiger partial charge on any atom is 0.123 e. The van der Waals surface area contributed by atoms with Crippen LogP contribution in [0.4, 0.5) is 0 Å². The molecule has 0 aliphatic heterocycles. The molecule has 1 aromatic carbocycles. The molecular formula is C15H25NO2S. The summed E-state index contributed by atoms with van der Waals surface area (Å²) >= 11 is 1.99. The average Bonchev–Trinajstić information content (AvgIpc) is 2.45. The van der Waals surface area contributed by atoms with E-state index in [2.05, 4.69) is 19.2 Å². The van der Waals surface area contributed by atoms with Gasteiger partial charge in [-0.05, 0) is 43.0 Å².